The van der Waals surface area contributed by atoms with Gasteiger partial charge in [-0.25, -0.2) is 9.37 Å². The maximum absolute atomic E-state index is 13.6. The molecule has 3 rings (SSSR count). The fourth-order valence-corrected chi connectivity index (χ4v) is 2.98. The van der Waals surface area contributed by atoms with Crippen molar-refractivity contribution in [1.29, 1.82) is 0 Å². The number of benzene rings is 2. The van der Waals surface area contributed by atoms with Crippen LogP contribution in [0.1, 0.15) is 23.7 Å². The molecule has 3 aromatic rings. The highest BCUT2D eigenvalue weighted by molar-refractivity contribution is 9.10. The van der Waals surface area contributed by atoms with Gasteiger partial charge in [0, 0.05) is 10.5 Å². The average molecular weight is 368 g/mol. The Hall–Kier alpha value is -1.39. The van der Waals surface area contributed by atoms with Crippen LogP contribution in [0.2, 0.25) is 0 Å². The molecular weight excluding hydrogens is 355 g/mol. The van der Waals surface area contributed by atoms with Crippen LogP contribution in [0.15, 0.2) is 40.9 Å². The van der Waals surface area contributed by atoms with E-state index in [4.69, 9.17) is 11.6 Å². The summed E-state index contributed by atoms with van der Waals surface area (Å²) >= 11 is 9.87. The van der Waals surface area contributed by atoms with Crippen LogP contribution in [0.3, 0.4) is 0 Å². The Balaban J connectivity index is 2.41. The molecule has 0 spiro atoms. The van der Waals surface area contributed by atoms with Crippen molar-refractivity contribution in [2.45, 2.75) is 19.2 Å². The molecule has 0 aliphatic heterocycles. The Bertz CT molecular complexity index is 827. The zero-order valence-electron chi connectivity index (χ0n) is 11.6. The van der Waals surface area contributed by atoms with E-state index in [1.807, 2.05) is 36.6 Å². The minimum Gasteiger partial charge on any atom is -0.294 e. The maximum Gasteiger partial charge on any atom is 0.132 e. The molecule has 0 aliphatic rings. The van der Waals surface area contributed by atoms with Gasteiger partial charge in [-0.1, -0.05) is 12.1 Å². The predicted octanol–water partition coefficient (Wildman–Crippen LogP) is 5.54. The number of rotatable bonds is 2. The monoisotopic (exact) mass is 366 g/mol. The lowest BCUT2D eigenvalue weighted by Crippen LogP contribution is -2.03. The van der Waals surface area contributed by atoms with E-state index >= 15 is 0 Å². The van der Waals surface area contributed by atoms with E-state index in [0.717, 1.165) is 21.2 Å². The molecule has 1 heterocycles. The Morgan fingerprint density at radius 3 is 2.76 bits per heavy atom. The minimum absolute atomic E-state index is 0.284. The van der Waals surface area contributed by atoms with E-state index in [0.29, 0.717) is 11.3 Å². The fourth-order valence-electron chi connectivity index (χ4n) is 2.39. The second-order valence-electron chi connectivity index (χ2n) is 4.96. The van der Waals surface area contributed by atoms with Crippen LogP contribution in [-0.2, 0) is 0 Å². The number of aryl methyl sites for hydroxylation is 1. The summed E-state index contributed by atoms with van der Waals surface area (Å²) in [5, 5.41) is -0.284. The van der Waals surface area contributed by atoms with Crippen molar-refractivity contribution in [3.8, 4) is 5.69 Å². The molecule has 5 heteroatoms. The van der Waals surface area contributed by atoms with E-state index < -0.39 is 0 Å². The topological polar surface area (TPSA) is 17.8 Å². The van der Waals surface area contributed by atoms with Gasteiger partial charge in [-0.2, -0.15) is 0 Å². The van der Waals surface area contributed by atoms with Crippen LogP contribution in [-0.4, -0.2) is 9.55 Å². The highest BCUT2D eigenvalue weighted by Crippen LogP contribution is 2.33. The highest BCUT2D eigenvalue weighted by atomic mass is 79.9. The van der Waals surface area contributed by atoms with Gasteiger partial charge >= 0.3 is 0 Å². The van der Waals surface area contributed by atoms with E-state index in [2.05, 4.69) is 20.9 Å². The molecule has 1 unspecified atom stereocenters. The molecule has 0 bridgehead atoms. The molecule has 0 amide bonds. The fraction of sp³-hybridized carbons (Fsp3) is 0.188. The zero-order chi connectivity index (χ0) is 15.1. The summed E-state index contributed by atoms with van der Waals surface area (Å²) in [6.45, 7) is 3.87. The van der Waals surface area contributed by atoms with Crippen LogP contribution < -0.4 is 0 Å². The number of fused-ring (bicyclic) bond motifs is 1. The molecule has 0 N–H and O–H groups in total. The van der Waals surface area contributed by atoms with Crippen LogP contribution in [0.25, 0.3) is 16.7 Å². The highest BCUT2D eigenvalue weighted by Gasteiger charge is 2.18. The third kappa shape index (κ3) is 2.47. The van der Waals surface area contributed by atoms with Crippen molar-refractivity contribution in [2.75, 3.05) is 0 Å². The number of hydrogen-bond acceptors (Lipinski definition) is 1. The zero-order valence-corrected chi connectivity index (χ0v) is 13.9. The second-order valence-corrected chi connectivity index (χ2v) is 6.41. The first kappa shape index (κ1) is 14.5. The van der Waals surface area contributed by atoms with E-state index in [1.165, 1.54) is 12.1 Å². The molecule has 2 nitrogen and oxygen atoms in total. The number of aromatic nitrogens is 2. The number of imidazole rings is 1. The molecular formula is C16H13BrClFN2. The lowest BCUT2D eigenvalue weighted by molar-refractivity contribution is 0.629. The molecule has 1 aromatic heterocycles. The van der Waals surface area contributed by atoms with Crippen LogP contribution >= 0.6 is 27.5 Å². The van der Waals surface area contributed by atoms with E-state index in [-0.39, 0.29) is 11.2 Å². The molecule has 0 saturated carbocycles. The van der Waals surface area contributed by atoms with Gasteiger partial charge in [-0.15, -0.1) is 11.6 Å². The number of nitrogens with zero attached hydrogens (tertiary/aromatic N) is 2. The summed E-state index contributed by atoms with van der Waals surface area (Å²) < 4.78 is 16.5. The van der Waals surface area contributed by atoms with Crippen molar-refractivity contribution in [2.24, 2.45) is 0 Å². The first-order valence-electron chi connectivity index (χ1n) is 6.56. The molecule has 2 aromatic carbocycles. The SMILES string of the molecule is Cc1cccc(-n2c(C(C)Cl)nc3ccc(F)cc32)c1Br. The Kier molecular flexibility index (Phi) is 3.76. The Morgan fingerprint density at radius 1 is 1.29 bits per heavy atom. The molecule has 0 saturated heterocycles. The first-order chi connectivity index (χ1) is 9.99. The Labute approximate surface area is 135 Å². The smallest absolute Gasteiger partial charge is 0.132 e. The van der Waals surface area contributed by atoms with Gasteiger partial charge in [-0.3, -0.25) is 4.57 Å². The third-order valence-corrected chi connectivity index (χ3v) is 4.64. The van der Waals surface area contributed by atoms with E-state index in [9.17, 15) is 4.39 Å². The van der Waals surface area contributed by atoms with Gasteiger partial charge in [-0.05, 0) is 53.5 Å². The lowest BCUT2D eigenvalue weighted by atomic mass is 10.2. The maximum atomic E-state index is 13.6. The standard InChI is InChI=1S/C16H13BrClFN2/c1-9-4-3-5-13(15(9)17)21-14-8-11(19)6-7-12(14)20-16(21)10(2)18/h3-8,10H,1-2H3. The van der Waals surface area contributed by atoms with Crippen LogP contribution in [0.4, 0.5) is 4.39 Å². The summed E-state index contributed by atoms with van der Waals surface area (Å²) in [5.41, 5.74) is 3.45. The summed E-state index contributed by atoms with van der Waals surface area (Å²) in [7, 11) is 0. The number of hydrogen-bond donors (Lipinski definition) is 0. The molecule has 0 aliphatic carbocycles. The number of alkyl halides is 1. The summed E-state index contributed by atoms with van der Waals surface area (Å²) in [5.74, 6) is 0.407. The molecule has 108 valence electrons. The first-order valence-corrected chi connectivity index (χ1v) is 7.79. The molecule has 0 fully saturated rings. The Morgan fingerprint density at radius 2 is 2.05 bits per heavy atom. The lowest BCUT2D eigenvalue weighted by Gasteiger charge is -2.13. The van der Waals surface area contributed by atoms with Crippen LogP contribution in [0, 0.1) is 12.7 Å². The molecule has 0 radical (unpaired) electrons. The van der Waals surface area contributed by atoms with Crippen LogP contribution in [0.5, 0.6) is 0 Å². The van der Waals surface area contributed by atoms with Gasteiger partial charge in [0.15, 0.2) is 0 Å². The van der Waals surface area contributed by atoms with Gasteiger partial charge in [0.05, 0.1) is 22.1 Å². The van der Waals surface area contributed by atoms with Gasteiger partial charge < -0.3 is 0 Å². The van der Waals surface area contributed by atoms with Gasteiger partial charge in [0.1, 0.15) is 11.6 Å². The third-order valence-electron chi connectivity index (χ3n) is 3.41. The van der Waals surface area contributed by atoms with Crippen molar-refractivity contribution in [1.82, 2.24) is 9.55 Å². The normalized spacial score (nSPS) is 12.8. The van der Waals surface area contributed by atoms with Crippen molar-refractivity contribution < 1.29 is 4.39 Å². The van der Waals surface area contributed by atoms with Crippen molar-refractivity contribution in [3.05, 3.63) is 58.1 Å². The van der Waals surface area contributed by atoms with E-state index in [1.54, 1.807) is 6.07 Å². The van der Waals surface area contributed by atoms with Gasteiger partial charge in [0.2, 0.25) is 0 Å². The minimum atomic E-state index is -0.291. The predicted molar refractivity (Wildman–Crippen MR) is 87.7 cm³/mol. The summed E-state index contributed by atoms with van der Waals surface area (Å²) in [6.07, 6.45) is 0. The largest absolute Gasteiger partial charge is 0.294 e. The van der Waals surface area contributed by atoms with Crippen molar-refractivity contribution in [3.63, 3.8) is 0 Å². The molecule has 21 heavy (non-hydrogen) atoms. The van der Waals surface area contributed by atoms with Gasteiger partial charge in [0.25, 0.3) is 0 Å². The summed E-state index contributed by atoms with van der Waals surface area (Å²) in [6, 6.07) is 10.5. The molecule has 1 atom stereocenters. The van der Waals surface area contributed by atoms with Crippen molar-refractivity contribution >= 4 is 38.6 Å². The number of halogens is 3. The quantitative estimate of drug-likeness (QED) is 0.544. The second kappa shape index (κ2) is 5.43. The summed E-state index contributed by atoms with van der Waals surface area (Å²) in [4.78, 5) is 4.54. The average Bonchev–Trinajstić information content (AvgIpc) is 2.80.